The number of carbonyl (C=O) groups excluding carboxylic acids is 2. The molecule has 2 amide bonds. The van der Waals surface area contributed by atoms with Crippen molar-refractivity contribution >= 4 is 23.4 Å². The number of hydrogen-bond acceptors (Lipinski definition) is 5. The van der Waals surface area contributed by atoms with Crippen LogP contribution in [0.15, 0.2) is 42.5 Å². The molecule has 2 N–H and O–H groups in total. The van der Waals surface area contributed by atoms with E-state index in [1.54, 1.807) is 42.5 Å². The lowest BCUT2D eigenvalue weighted by atomic mass is 10.2. The predicted molar refractivity (Wildman–Crippen MR) is 106 cm³/mol. The Bertz CT molecular complexity index is 813. The van der Waals surface area contributed by atoms with Crippen LogP contribution in [0, 0.1) is 0 Å². The maximum Gasteiger partial charge on any atom is 0.276 e. The minimum absolute atomic E-state index is 0.270. The third kappa shape index (κ3) is 6.66. The third-order valence-electron chi connectivity index (χ3n) is 3.66. The van der Waals surface area contributed by atoms with Gasteiger partial charge >= 0.3 is 0 Å². The van der Waals surface area contributed by atoms with E-state index in [0.29, 0.717) is 34.4 Å². The summed E-state index contributed by atoms with van der Waals surface area (Å²) in [5.41, 5.74) is 4.94. The fourth-order valence-corrected chi connectivity index (χ4v) is 2.38. The summed E-state index contributed by atoms with van der Waals surface area (Å²) in [6, 6.07) is 11.5. The van der Waals surface area contributed by atoms with Crippen molar-refractivity contribution < 1.29 is 23.8 Å². The summed E-state index contributed by atoms with van der Waals surface area (Å²) in [4.78, 5) is 24.1. The lowest BCUT2D eigenvalue weighted by molar-refractivity contribution is -0.123. The molecule has 2 aromatic rings. The number of halogens is 1. The van der Waals surface area contributed by atoms with Crippen LogP contribution < -0.4 is 25.1 Å². The Labute approximate surface area is 168 Å². The Balaban J connectivity index is 1.85. The lowest BCUT2D eigenvalue weighted by Crippen LogP contribution is -2.43. The molecule has 0 saturated carbocycles. The molecule has 0 aliphatic carbocycles. The van der Waals surface area contributed by atoms with E-state index in [2.05, 4.69) is 17.8 Å². The van der Waals surface area contributed by atoms with Gasteiger partial charge in [-0.15, -0.1) is 0 Å². The van der Waals surface area contributed by atoms with E-state index < -0.39 is 11.8 Å². The van der Waals surface area contributed by atoms with Crippen LogP contribution in [0.2, 0.25) is 5.02 Å². The molecule has 0 unspecified atom stereocenters. The van der Waals surface area contributed by atoms with Crippen molar-refractivity contribution in [1.82, 2.24) is 10.9 Å². The summed E-state index contributed by atoms with van der Waals surface area (Å²) >= 11 is 5.85. The zero-order valence-electron chi connectivity index (χ0n) is 15.8. The van der Waals surface area contributed by atoms with Crippen LogP contribution in [-0.2, 0) is 4.79 Å². The topological polar surface area (TPSA) is 85.9 Å². The van der Waals surface area contributed by atoms with E-state index in [0.717, 1.165) is 12.8 Å². The maximum absolute atomic E-state index is 12.2. The van der Waals surface area contributed by atoms with Gasteiger partial charge < -0.3 is 14.2 Å². The molecule has 0 radical (unpaired) electrons. The molecule has 0 aliphatic rings. The molecule has 0 fully saturated rings. The van der Waals surface area contributed by atoms with E-state index in [-0.39, 0.29) is 6.61 Å². The second-order valence-electron chi connectivity index (χ2n) is 5.82. The second kappa shape index (κ2) is 11.0. The molecule has 0 aliphatic heterocycles. The van der Waals surface area contributed by atoms with Gasteiger partial charge in [-0.2, -0.15) is 0 Å². The number of rotatable bonds is 9. The van der Waals surface area contributed by atoms with Crippen molar-refractivity contribution in [1.29, 1.82) is 0 Å². The van der Waals surface area contributed by atoms with Crippen LogP contribution in [0.5, 0.6) is 17.2 Å². The summed E-state index contributed by atoms with van der Waals surface area (Å²) < 4.78 is 16.2. The number of nitrogens with one attached hydrogen (secondary N) is 2. The van der Waals surface area contributed by atoms with Crippen molar-refractivity contribution in [3.05, 3.63) is 53.1 Å². The molecule has 7 nitrogen and oxygen atoms in total. The highest BCUT2D eigenvalue weighted by Gasteiger charge is 2.12. The zero-order valence-corrected chi connectivity index (χ0v) is 16.5. The van der Waals surface area contributed by atoms with E-state index in [1.807, 2.05) is 0 Å². The monoisotopic (exact) mass is 406 g/mol. The van der Waals surface area contributed by atoms with Gasteiger partial charge in [0.1, 0.15) is 5.75 Å². The van der Waals surface area contributed by atoms with Gasteiger partial charge in [0.2, 0.25) is 0 Å². The van der Waals surface area contributed by atoms with E-state index >= 15 is 0 Å². The molecule has 28 heavy (non-hydrogen) atoms. The standard InChI is InChI=1S/C20H23ClN2O5/c1-3-4-10-27-17-9-8-14(11-18(17)26-2)20(25)23-22-19(24)13-28-16-7-5-6-15(21)12-16/h5-9,11-12H,3-4,10,13H2,1-2H3,(H,22,24)(H,23,25). The number of benzene rings is 2. The fraction of sp³-hybridized carbons (Fsp3) is 0.300. The summed E-state index contributed by atoms with van der Waals surface area (Å²) in [5, 5.41) is 0.502. The Hall–Kier alpha value is -2.93. The van der Waals surface area contributed by atoms with Crippen molar-refractivity contribution in [2.24, 2.45) is 0 Å². The molecule has 0 heterocycles. The van der Waals surface area contributed by atoms with Crippen molar-refractivity contribution in [3.63, 3.8) is 0 Å². The molecule has 0 spiro atoms. The van der Waals surface area contributed by atoms with Gasteiger partial charge in [0, 0.05) is 10.6 Å². The Morgan fingerprint density at radius 2 is 1.86 bits per heavy atom. The van der Waals surface area contributed by atoms with Gasteiger partial charge in [-0.3, -0.25) is 20.4 Å². The van der Waals surface area contributed by atoms with E-state index in [1.165, 1.54) is 7.11 Å². The van der Waals surface area contributed by atoms with Gasteiger partial charge in [0.25, 0.3) is 11.8 Å². The summed E-state index contributed by atoms with van der Waals surface area (Å²) in [5.74, 6) is 0.456. The highest BCUT2D eigenvalue weighted by Crippen LogP contribution is 2.28. The first-order valence-corrected chi connectivity index (χ1v) is 9.19. The number of methoxy groups -OCH3 is 1. The molecule has 2 rings (SSSR count). The van der Waals surface area contributed by atoms with Gasteiger partial charge in [0.05, 0.1) is 13.7 Å². The van der Waals surface area contributed by atoms with Crippen LogP contribution >= 0.6 is 11.6 Å². The molecule has 0 bridgehead atoms. The predicted octanol–water partition coefficient (Wildman–Crippen LogP) is 3.37. The Morgan fingerprint density at radius 3 is 2.57 bits per heavy atom. The molecule has 150 valence electrons. The zero-order chi connectivity index (χ0) is 20.4. The minimum Gasteiger partial charge on any atom is -0.493 e. The van der Waals surface area contributed by atoms with Crippen molar-refractivity contribution in [2.45, 2.75) is 19.8 Å². The SMILES string of the molecule is CCCCOc1ccc(C(=O)NNC(=O)COc2cccc(Cl)c2)cc1OC. The number of hydrazine groups is 1. The van der Waals surface area contributed by atoms with Gasteiger partial charge in [-0.1, -0.05) is 31.0 Å². The van der Waals surface area contributed by atoms with Crippen LogP contribution in [-0.4, -0.2) is 32.1 Å². The smallest absolute Gasteiger partial charge is 0.276 e. The summed E-state index contributed by atoms with van der Waals surface area (Å²) in [6.07, 6.45) is 1.94. The first-order valence-electron chi connectivity index (χ1n) is 8.82. The quantitative estimate of drug-likeness (QED) is 0.492. The fourth-order valence-electron chi connectivity index (χ4n) is 2.19. The third-order valence-corrected chi connectivity index (χ3v) is 3.90. The number of unbranched alkanes of at least 4 members (excludes halogenated alkanes) is 1. The maximum atomic E-state index is 12.2. The van der Waals surface area contributed by atoms with Gasteiger partial charge in [-0.25, -0.2) is 0 Å². The first kappa shape index (κ1) is 21.4. The normalized spacial score (nSPS) is 10.1. The largest absolute Gasteiger partial charge is 0.493 e. The van der Waals surface area contributed by atoms with Crippen molar-refractivity contribution in [3.8, 4) is 17.2 Å². The Kier molecular flexibility index (Phi) is 8.42. The average molecular weight is 407 g/mol. The molecular weight excluding hydrogens is 384 g/mol. The van der Waals surface area contributed by atoms with Gasteiger partial charge in [-0.05, 0) is 42.8 Å². The summed E-state index contributed by atoms with van der Waals surface area (Å²) in [7, 11) is 1.50. The molecule has 0 saturated heterocycles. The van der Waals surface area contributed by atoms with Crippen LogP contribution in [0.25, 0.3) is 0 Å². The molecule has 2 aromatic carbocycles. The van der Waals surface area contributed by atoms with E-state index in [9.17, 15) is 9.59 Å². The number of amides is 2. The van der Waals surface area contributed by atoms with Crippen molar-refractivity contribution in [2.75, 3.05) is 20.3 Å². The first-order chi connectivity index (χ1) is 13.5. The number of carbonyl (C=O) groups is 2. The highest BCUT2D eigenvalue weighted by molar-refractivity contribution is 6.30. The van der Waals surface area contributed by atoms with Crippen LogP contribution in [0.1, 0.15) is 30.1 Å². The molecule has 8 heteroatoms. The molecule has 0 atom stereocenters. The van der Waals surface area contributed by atoms with Crippen LogP contribution in [0.3, 0.4) is 0 Å². The minimum atomic E-state index is -0.514. The van der Waals surface area contributed by atoms with Gasteiger partial charge in [0.15, 0.2) is 18.1 Å². The molecular formula is C20H23ClN2O5. The molecule has 0 aromatic heterocycles. The number of hydrogen-bond donors (Lipinski definition) is 2. The lowest BCUT2D eigenvalue weighted by Gasteiger charge is -2.12. The highest BCUT2D eigenvalue weighted by atomic mass is 35.5. The summed E-state index contributed by atoms with van der Waals surface area (Å²) in [6.45, 7) is 2.37. The Morgan fingerprint density at radius 1 is 1.04 bits per heavy atom. The van der Waals surface area contributed by atoms with Crippen LogP contribution in [0.4, 0.5) is 0 Å². The average Bonchev–Trinajstić information content (AvgIpc) is 2.70. The number of ether oxygens (including phenoxy) is 3. The van der Waals surface area contributed by atoms with E-state index in [4.69, 9.17) is 25.8 Å². The second-order valence-corrected chi connectivity index (χ2v) is 6.25.